The van der Waals surface area contributed by atoms with E-state index in [2.05, 4.69) is 9.98 Å². The van der Waals surface area contributed by atoms with Crippen molar-refractivity contribution in [2.75, 3.05) is 0 Å². The molecule has 0 bridgehead atoms. The second kappa shape index (κ2) is 6.13. The van der Waals surface area contributed by atoms with E-state index in [1.54, 1.807) is 6.20 Å². The van der Waals surface area contributed by atoms with Crippen LogP contribution in [0, 0.1) is 12.8 Å². The van der Waals surface area contributed by atoms with Crippen LogP contribution in [0.4, 0.5) is 0 Å². The van der Waals surface area contributed by atoms with Gasteiger partial charge < -0.3 is 5.11 Å². The first kappa shape index (κ1) is 13.4. The summed E-state index contributed by atoms with van der Waals surface area (Å²) < 4.78 is 0. The van der Waals surface area contributed by atoms with Gasteiger partial charge in [-0.2, -0.15) is 0 Å². The molecule has 1 aromatic heterocycles. The van der Waals surface area contributed by atoms with Crippen LogP contribution < -0.4 is 0 Å². The van der Waals surface area contributed by atoms with E-state index in [1.165, 1.54) is 6.21 Å². The maximum Gasteiger partial charge on any atom is 0.328 e. The maximum atomic E-state index is 11.0. The number of hydrogen-bond acceptors (Lipinski definition) is 3. The summed E-state index contributed by atoms with van der Waals surface area (Å²) in [4.78, 5) is 19.2. The fraction of sp³-hybridized carbons (Fsp3) is 0.462. The fourth-order valence-electron chi connectivity index (χ4n) is 1.39. The molecule has 0 aliphatic rings. The molecule has 0 aliphatic heterocycles. The van der Waals surface area contributed by atoms with Crippen LogP contribution in [-0.4, -0.2) is 28.3 Å². The normalized spacial score (nSPS) is 13.2. The van der Waals surface area contributed by atoms with Crippen LogP contribution in [-0.2, 0) is 4.79 Å². The van der Waals surface area contributed by atoms with Gasteiger partial charge >= 0.3 is 5.97 Å². The van der Waals surface area contributed by atoms with Crippen LogP contribution in [0.1, 0.15) is 31.5 Å². The van der Waals surface area contributed by atoms with Gasteiger partial charge in [0, 0.05) is 12.4 Å². The van der Waals surface area contributed by atoms with E-state index in [4.69, 9.17) is 5.11 Å². The number of aliphatic imine (C=N–C) groups is 1. The van der Waals surface area contributed by atoms with Crippen molar-refractivity contribution in [3.63, 3.8) is 0 Å². The SMILES string of the molecule is Cc1ccc(/C=N/C(CC(C)C)C(=O)O)nc1. The van der Waals surface area contributed by atoms with Gasteiger partial charge in [-0.05, 0) is 30.9 Å². The van der Waals surface area contributed by atoms with Gasteiger partial charge in [0.1, 0.15) is 6.04 Å². The van der Waals surface area contributed by atoms with Crippen LogP contribution >= 0.6 is 0 Å². The standard InChI is InChI=1S/C13H18N2O2/c1-9(2)6-12(13(16)17)15-8-11-5-4-10(3)7-14-11/h4-5,7-9,12H,6H2,1-3H3,(H,16,17)/b15-8+. The first-order valence-corrected chi connectivity index (χ1v) is 5.67. The van der Waals surface area contributed by atoms with E-state index in [0.717, 1.165) is 5.56 Å². The molecule has 0 aliphatic carbocycles. The Hall–Kier alpha value is -1.71. The molecule has 0 fully saturated rings. The number of carboxylic acid groups (broad SMARTS) is 1. The minimum absolute atomic E-state index is 0.305. The van der Waals surface area contributed by atoms with Gasteiger partial charge in [-0.15, -0.1) is 0 Å². The molecule has 1 aromatic rings. The molecule has 1 rings (SSSR count). The molecule has 1 unspecified atom stereocenters. The van der Waals surface area contributed by atoms with Gasteiger partial charge in [0.05, 0.1) is 5.69 Å². The molecule has 4 heteroatoms. The predicted octanol–water partition coefficient (Wildman–Crippen LogP) is 2.31. The molecule has 1 heterocycles. The Morgan fingerprint density at radius 3 is 2.71 bits per heavy atom. The molecule has 1 atom stereocenters. The number of aryl methyl sites for hydroxylation is 1. The van der Waals surface area contributed by atoms with Crippen molar-refractivity contribution in [1.29, 1.82) is 0 Å². The second-order valence-electron chi connectivity index (χ2n) is 4.52. The molecule has 0 radical (unpaired) electrons. The average molecular weight is 234 g/mol. The van der Waals surface area contributed by atoms with Gasteiger partial charge in [0.15, 0.2) is 0 Å². The monoisotopic (exact) mass is 234 g/mol. The second-order valence-corrected chi connectivity index (χ2v) is 4.52. The number of aromatic nitrogens is 1. The van der Waals surface area contributed by atoms with E-state index in [9.17, 15) is 4.79 Å². The number of nitrogens with zero attached hydrogens (tertiary/aromatic N) is 2. The highest BCUT2D eigenvalue weighted by molar-refractivity contribution is 5.81. The first-order chi connectivity index (χ1) is 7.99. The number of pyridine rings is 1. The molecule has 1 N–H and O–H groups in total. The highest BCUT2D eigenvalue weighted by Crippen LogP contribution is 2.08. The lowest BCUT2D eigenvalue weighted by atomic mass is 10.0. The number of carbonyl (C=O) groups is 1. The molecule has 0 saturated heterocycles. The lowest BCUT2D eigenvalue weighted by molar-refractivity contribution is -0.138. The lowest BCUT2D eigenvalue weighted by Gasteiger charge is -2.09. The van der Waals surface area contributed by atoms with Gasteiger partial charge in [-0.1, -0.05) is 19.9 Å². The predicted molar refractivity (Wildman–Crippen MR) is 67.4 cm³/mol. The zero-order chi connectivity index (χ0) is 12.8. The summed E-state index contributed by atoms with van der Waals surface area (Å²) >= 11 is 0. The molecule has 0 aromatic carbocycles. The molecular formula is C13H18N2O2. The number of rotatable bonds is 5. The topological polar surface area (TPSA) is 62.5 Å². The average Bonchev–Trinajstić information content (AvgIpc) is 2.25. The zero-order valence-electron chi connectivity index (χ0n) is 10.4. The van der Waals surface area contributed by atoms with Crippen LogP contribution in [0.5, 0.6) is 0 Å². The van der Waals surface area contributed by atoms with Crippen molar-refractivity contribution in [1.82, 2.24) is 4.98 Å². The quantitative estimate of drug-likeness (QED) is 0.795. The third kappa shape index (κ3) is 4.76. The summed E-state index contributed by atoms with van der Waals surface area (Å²) in [5, 5.41) is 9.01. The molecule has 92 valence electrons. The van der Waals surface area contributed by atoms with Crippen molar-refractivity contribution in [2.24, 2.45) is 10.9 Å². The Balaban J connectivity index is 2.72. The number of hydrogen-bond donors (Lipinski definition) is 1. The van der Waals surface area contributed by atoms with E-state index in [-0.39, 0.29) is 0 Å². The molecule has 0 amide bonds. The van der Waals surface area contributed by atoms with Crippen molar-refractivity contribution in [2.45, 2.75) is 33.2 Å². The molecular weight excluding hydrogens is 216 g/mol. The van der Waals surface area contributed by atoms with Gasteiger partial charge in [-0.25, -0.2) is 4.79 Å². The van der Waals surface area contributed by atoms with Crippen molar-refractivity contribution < 1.29 is 9.90 Å². The lowest BCUT2D eigenvalue weighted by Crippen LogP contribution is -2.20. The largest absolute Gasteiger partial charge is 0.480 e. The van der Waals surface area contributed by atoms with Gasteiger partial charge in [-0.3, -0.25) is 9.98 Å². The summed E-state index contributed by atoms with van der Waals surface area (Å²) in [6, 6.07) is 3.07. The van der Waals surface area contributed by atoms with Crippen molar-refractivity contribution in [3.8, 4) is 0 Å². The van der Waals surface area contributed by atoms with Crippen molar-refractivity contribution in [3.05, 3.63) is 29.6 Å². The van der Waals surface area contributed by atoms with Gasteiger partial charge in [0.2, 0.25) is 0 Å². The van der Waals surface area contributed by atoms with Crippen LogP contribution in [0.3, 0.4) is 0 Å². The van der Waals surface area contributed by atoms with Crippen LogP contribution in [0.2, 0.25) is 0 Å². The minimum Gasteiger partial charge on any atom is -0.480 e. The summed E-state index contributed by atoms with van der Waals surface area (Å²) in [6.07, 6.45) is 3.80. The Labute approximate surface area is 101 Å². The summed E-state index contributed by atoms with van der Waals surface area (Å²) in [6.45, 7) is 5.91. The summed E-state index contributed by atoms with van der Waals surface area (Å²) in [7, 11) is 0. The first-order valence-electron chi connectivity index (χ1n) is 5.67. The molecule has 4 nitrogen and oxygen atoms in total. The molecule has 0 spiro atoms. The van der Waals surface area contributed by atoms with E-state index in [0.29, 0.717) is 18.0 Å². The Morgan fingerprint density at radius 2 is 2.24 bits per heavy atom. The maximum absolute atomic E-state index is 11.0. The van der Waals surface area contributed by atoms with Crippen LogP contribution in [0.15, 0.2) is 23.3 Å². The van der Waals surface area contributed by atoms with E-state index in [1.807, 2.05) is 32.9 Å². The Kier molecular flexibility index (Phi) is 4.82. The number of carboxylic acids is 1. The number of aliphatic carboxylic acids is 1. The molecule has 17 heavy (non-hydrogen) atoms. The van der Waals surface area contributed by atoms with Crippen LogP contribution in [0.25, 0.3) is 0 Å². The smallest absolute Gasteiger partial charge is 0.328 e. The highest BCUT2D eigenvalue weighted by atomic mass is 16.4. The molecule has 0 saturated carbocycles. The van der Waals surface area contributed by atoms with Crippen molar-refractivity contribution >= 4 is 12.2 Å². The Morgan fingerprint density at radius 1 is 1.53 bits per heavy atom. The van der Waals surface area contributed by atoms with E-state index >= 15 is 0 Å². The van der Waals surface area contributed by atoms with E-state index < -0.39 is 12.0 Å². The fourth-order valence-corrected chi connectivity index (χ4v) is 1.39. The highest BCUT2D eigenvalue weighted by Gasteiger charge is 2.16. The van der Waals surface area contributed by atoms with Gasteiger partial charge in [0.25, 0.3) is 0 Å². The Bertz CT molecular complexity index is 396. The summed E-state index contributed by atoms with van der Waals surface area (Å²) in [5.74, 6) is -0.582. The zero-order valence-corrected chi connectivity index (χ0v) is 10.4. The minimum atomic E-state index is -0.887. The third-order valence-corrected chi connectivity index (χ3v) is 2.30. The summed E-state index contributed by atoms with van der Waals surface area (Å²) in [5.41, 5.74) is 1.75. The third-order valence-electron chi connectivity index (χ3n) is 2.30.